The molecule has 0 atom stereocenters. The van der Waals surface area contributed by atoms with E-state index < -0.39 is 10.0 Å². The van der Waals surface area contributed by atoms with Gasteiger partial charge >= 0.3 is 0 Å². The van der Waals surface area contributed by atoms with Crippen molar-refractivity contribution < 1.29 is 18.3 Å². The van der Waals surface area contributed by atoms with E-state index in [2.05, 4.69) is 15.0 Å². The van der Waals surface area contributed by atoms with Gasteiger partial charge in [0.05, 0.1) is 10.6 Å². The number of carbonyl (C=O) groups is 1. The normalized spacial score (nSPS) is 11.1. The van der Waals surface area contributed by atoms with Crippen LogP contribution < -0.4 is 10.0 Å². The number of carbonyl (C=O) groups excluding carboxylic acids is 1. The molecule has 0 bridgehead atoms. The van der Waals surface area contributed by atoms with Gasteiger partial charge < -0.3 is 10.4 Å². The summed E-state index contributed by atoms with van der Waals surface area (Å²) in [5.74, 6) is -0.0871. The van der Waals surface area contributed by atoms with Crippen LogP contribution >= 0.6 is 11.3 Å². The maximum absolute atomic E-state index is 12.5. The predicted octanol–water partition coefficient (Wildman–Crippen LogP) is 3.27. The quantitative estimate of drug-likeness (QED) is 0.621. The summed E-state index contributed by atoms with van der Waals surface area (Å²) in [6.45, 7) is 1.38. The van der Waals surface area contributed by atoms with Gasteiger partial charge in [-0.1, -0.05) is 0 Å². The lowest BCUT2D eigenvalue weighted by atomic mass is 10.2. The summed E-state index contributed by atoms with van der Waals surface area (Å²) in [5.41, 5.74) is 1.89. The van der Waals surface area contributed by atoms with E-state index in [1.54, 1.807) is 17.5 Å². The van der Waals surface area contributed by atoms with Crippen LogP contribution in [0.2, 0.25) is 0 Å². The zero-order valence-corrected chi connectivity index (χ0v) is 15.3. The number of hydrogen-bond donors (Lipinski definition) is 3. The molecule has 0 aliphatic rings. The Balaban J connectivity index is 1.77. The van der Waals surface area contributed by atoms with Gasteiger partial charge in [0.15, 0.2) is 5.13 Å². The van der Waals surface area contributed by atoms with E-state index in [0.29, 0.717) is 11.4 Å². The minimum atomic E-state index is -3.79. The molecule has 0 fully saturated rings. The third-order valence-electron chi connectivity index (χ3n) is 3.37. The highest BCUT2D eigenvalue weighted by Gasteiger charge is 2.16. The number of sulfonamides is 1. The maximum atomic E-state index is 12.5. The summed E-state index contributed by atoms with van der Waals surface area (Å²) in [7, 11) is -3.79. The van der Waals surface area contributed by atoms with E-state index in [1.165, 1.54) is 43.3 Å². The molecule has 0 saturated heterocycles. The van der Waals surface area contributed by atoms with Crippen LogP contribution in [0.1, 0.15) is 6.92 Å². The number of nitrogens with one attached hydrogen (secondary N) is 2. The Morgan fingerprint density at radius 1 is 1.08 bits per heavy atom. The zero-order chi connectivity index (χ0) is 18.7. The van der Waals surface area contributed by atoms with Gasteiger partial charge in [0.25, 0.3) is 10.0 Å². The van der Waals surface area contributed by atoms with Crippen molar-refractivity contribution in [3.8, 4) is 17.0 Å². The maximum Gasteiger partial charge on any atom is 0.263 e. The summed E-state index contributed by atoms with van der Waals surface area (Å²) < 4.78 is 27.4. The zero-order valence-electron chi connectivity index (χ0n) is 13.6. The third kappa shape index (κ3) is 4.19. The van der Waals surface area contributed by atoms with Crippen LogP contribution in [-0.4, -0.2) is 24.4 Å². The van der Waals surface area contributed by atoms with Gasteiger partial charge in [0.2, 0.25) is 5.91 Å². The van der Waals surface area contributed by atoms with E-state index in [1.807, 2.05) is 0 Å². The van der Waals surface area contributed by atoms with Crippen molar-refractivity contribution in [1.82, 2.24) is 4.98 Å². The van der Waals surface area contributed by atoms with Crippen LogP contribution in [0.4, 0.5) is 10.8 Å². The lowest BCUT2D eigenvalue weighted by Gasteiger charge is -2.07. The van der Waals surface area contributed by atoms with Crippen LogP contribution in [0, 0.1) is 0 Å². The molecule has 134 valence electrons. The summed E-state index contributed by atoms with van der Waals surface area (Å²) in [6.07, 6.45) is 0. The molecule has 0 spiro atoms. The van der Waals surface area contributed by atoms with E-state index in [4.69, 9.17) is 0 Å². The number of benzene rings is 2. The summed E-state index contributed by atoms with van der Waals surface area (Å²) in [5, 5.41) is 13.9. The van der Waals surface area contributed by atoms with Crippen molar-refractivity contribution in [2.24, 2.45) is 0 Å². The number of phenols is 1. The van der Waals surface area contributed by atoms with Crippen LogP contribution in [0.25, 0.3) is 11.3 Å². The first-order chi connectivity index (χ1) is 12.3. The van der Waals surface area contributed by atoms with Gasteiger partial charge in [-0.15, -0.1) is 11.3 Å². The Kier molecular flexibility index (Phi) is 4.92. The molecule has 0 aliphatic carbocycles. The molecule has 7 nitrogen and oxygen atoms in total. The van der Waals surface area contributed by atoms with Crippen LogP contribution in [0.3, 0.4) is 0 Å². The van der Waals surface area contributed by atoms with Crippen LogP contribution in [0.15, 0.2) is 58.8 Å². The first-order valence-corrected chi connectivity index (χ1v) is 9.85. The van der Waals surface area contributed by atoms with Gasteiger partial charge in [-0.2, -0.15) is 0 Å². The molecule has 3 rings (SSSR count). The molecular formula is C17H15N3O4S2. The lowest BCUT2D eigenvalue weighted by Crippen LogP contribution is -2.13. The number of nitrogens with zero attached hydrogens (tertiary/aromatic N) is 1. The van der Waals surface area contributed by atoms with Crippen LogP contribution in [0.5, 0.6) is 5.75 Å². The highest BCUT2D eigenvalue weighted by atomic mass is 32.2. The number of thiazole rings is 1. The van der Waals surface area contributed by atoms with E-state index in [-0.39, 0.29) is 21.7 Å². The molecule has 26 heavy (non-hydrogen) atoms. The number of rotatable bonds is 5. The van der Waals surface area contributed by atoms with Crippen LogP contribution in [-0.2, 0) is 14.8 Å². The summed E-state index contributed by atoms with van der Waals surface area (Å²) >= 11 is 1.16. The Morgan fingerprint density at radius 3 is 2.35 bits per heavy atom. The standard InChI is InChI=1S/C17H15N3O4S2/c1-11(21)18-13-4-8-15(9-5-13)26(23,24)20-17-19-16(10-25-17)12-2-6-14(22)7-3-12/h2-10,22H,1H3,(H,18,21)(H,19,20). The number of anilines is 2. The Bertz CT molecular complexity index is 1030. The monoisotopic (exact) mass is 389 g/mol. The molecule has 0 radical (unpaired) electrons. The summed E-state index contributed by atoms with van der Waals surface area (Å²) in [6, 6.07) is 12.3. The topological polar surface area (TPSA) is 108 Å². The fourth-order valence-electron chi connectivity index (χ4n) is 2.18. The molecule has 3 aromatic rings. The molecule has 0 unspecified atom stereocenters. The SMILES string of the molecule is CC(=O)Nc1ccc(S(=O)(=O)Nc2nc(-c3ccc(O)cc3)cs2)cc1. The smallest absolute Gasteiger partial charge is 0.263 e. The Hall–Kier alpha value is -2.91. The van der Waals surface area contributed by atoms with Gasteiger partial charge in [-0.3, -0.25) is 9.52 Å². The van der Waals surface area contributed by atoms with Gasteiger partial charge in [0.1, 0.15) is 5.75 Å². The fraction of sp³-hybridized carbons (Fsp3) is 0.0588. The molecule has 1 heterocycles. The average molecular weight is 389 g/mol. The molecule has 9 heteroatoms. The highest BCUT2D eigenvalue weighted by Crippen LogP contribution is 2.27. The first kappa shape index (κ1) is 17.9. The van der Waals surface area contributed by atoms with Crippen molar-refractivity contribution in [1.29, 1.82) is 0 Å². The second-order valence-electron chi connectivity index (χ2n) is 5.40. The minimum Gasteiger partial charge on any atom is -0.508 e. The predicted molar refractivity (Wildman–Crippen MR) is 101 cm³/mol. The number of amides is 1. The van der Waals surface area contributed by atoms with Gasteiger partial charge in [0, 0.05) is 23.6 Å². The molecule has 1 amide bonds. The number of aromatic hydroxyl groups is 1. The number of hydrogen-bond acceptors (Lipinski definition) is 6. The lowest BCUT2D eigenvalue weighted by molar-refractivity contribution is -0.114. The minimum absolute atomic E-state index is 0.0629. The Morgan fingerprint density at radius 2 is 1.73 bits per heavy atom. The van der Waals surface area contributed by atoms with Crippen molar-refractivity contribution in [3.63, 3.8) is 0 Å². The molecule has 2 aromatic carbocycles. The number of phenolic OH excluding ortho intramolecular Hbond substituents is 1. The van der Waals surface area contributed by atoms with Crippen molar-refractivity contribution >= 4 is 38.1 Å². The fourth-order valence-corrected chi connectivity index (χ4v) is 4.15. The Labute approximate surface area is 154 Å². The van der Waals surface area contributed by atoms with Gasteiger partial charge in [-0.05, 0) is 48.5 Å². The van der Waals surface area contributed by atoms with E-state index in [0.717, 1.165) is 16.9 Å². The van der Waals surface area contributed by atoms with E-state index >= 15 is 0 Å². The van der Waals surface area contributed by atoms with Crippen molar-refractivity contribution in [2.75, 3.05) is 10.0 Å². The second kappa shape index (κ2) is 7.14. The van der Waals surface area contributed by atoms with Crippen molar-refractivity contribution in [2.45, 2.75) is 11.8 Å². The van der Waals surface area contributed by atoms with Crippen molar-refractivity contribution in [3.05, 3.63) is 53.9 Å². The largest absolute Gasteiger partial charge is 0.508 e. The first-order valence-electron chi connectivity index (χ1n) is 7.49. The molecular weight excluding hydrogens is 374 g/mol. The summed E-state index contributed by atoms with van der Waals surface area (Å²) in [4.78, 5) is 15.3. The molecule has 3 N–H and O–H groups in total. The van der Waals surface area contributed by atoms with Gasteiger partial charge in [-0.25, -0.2) is 13.4 Å². The molecule has 0 saturated carbocycles. The molecule has 1 aromatic heterocycles. The van der Waals surface area contributed by atoms with E-state index in [9.17, 15) is 18.3 Å². The average Bonchev–Trinajstić information content (AvgIpc) is 3.03. The highest BCUT2D eigenvalue weighted by molar-refractivity contribution is 7.93. The second-order valence-corrected chi connectivity index (χ2v) is 7.94. The number of aromatic nitrogens is 1. The molecule has 0 aliphatic heterocycles. The third-order valence-corrected chi connectivity index (χ3v) is 5.62.